The second-order valence-electron chi connectivity index (χ2n) is 4.66. The quantitative estimate of drug-likeness (QED) is 0.451. The van der Waals surface area contributed by atoms with Crippen LogP contribution in [0.5, 0.6) is 0 Å². The zero-order valence-electron chi connectivity index (χ0n) is 11.9. The van der Waals surface area contributed by atoms with Crippen LogP contribution in [0.3, 0.4) is 0 Å². The molecule has 0 aliphatic rings. The number of anilines is 1. The molecule has 0 atom stereocenters. The van der Waals surface area contributed by atoms with E-state index in [1.807, 2.05) is 43.3 Å². The van der Waals surface area contributed by atoms with Gasteiger partial charge in [-0.2, -0.15) is 0 Å². The van der Waals surface area contributed by atoms with Crippen LogP contribution in [-0.2, 0) is 0 Å². The van der Waals surface area contributed by atoms with E-state index in [9.17, 15) is 20.2 Å². The predicted octanol–water partition coefficient (Wildman–Crippen LogP) is 1.22. The Morgan fingerprint density at radius 3 is 2.09 bits per heavy atom. The molecule has 0 heterocycles. The molecule has 0 aliphatic heterocycles. The van der Waals surface area contributed by atoms with Gasteiger partial charge in [0.25, 0.3) is 0 Å². The molecule has 0 fully saturated rings. The molecule has 8 heteroatoms. The Morgan fingerprint density at radius 1 is 0.955 bits per heavy atom. The van der Waals surface area contributed by atoms with Crippen LogP contribution in [0.1, 0.15) is 0 Å². The van der Waals surface area contributed by atoms with E-state index in [1.54, 1.807) is 0 Å². The van der Waals surface area contributed by atoms with Gasteiger partial charge in [-0.05, 0) is 0 Å². The first-order valence-corrected chi connectivity index (χ1v) is 7.98. The molecule has 2 aromatic rings. The van der Waals surface area contributed by atoms with E-state index in [2.05, 4.69) is 0 Å². The summed E-state index contributed by atoms with van der Waals surface area (Å²) < 4.78 is 1.48. The van der Waals surface area contributed by atoms with Gasteiger partial charge in [-0.3, -0.25) is 0 Å². The van der Waals surface area contributed by atoms with E-state index in [-0.39, 0.29) is 26.3 Å². The van der Waals surface area contributed by atoms with Crippen molar-refractivity contribution in [1.82, 2.24) is 0 Å². The predicted molar refractivity (Wildman–Crippen MR) is 85.5 cm³/mol. The molecule has 0 saturated heterocycles. The van der Waals surface area contributed by atoms with Crippen LogP contribution in [-0.4, -0.2) is 38.9 Å². The van der Waals surface area contributed by atoms with Crippen molar-refractivity contribution in [3.8, 4) is 0 Å². The van der Waals surface area contributed by atoms with Gasteiger partial charge in [0.15, 0.2) is 0 Å². The molecular weight excluding hydrogens is 353 g/mol. The number of hydrogen-bond donors (Lipinski definition) is 0. The average molecular weight is 366 g/mol. The van der Waals surface area contributed by atoms with E-state index in [0.29, 0.717) is 4.46 Å². The Labute approximate surface area is 133 Å². The van der Waals surface area contributed by atoms with Gasteiger partial charge in [0.05, 0.1) is 0 Å². The molecular formula is C14H13N3O4Se. The molecule has 0 unspecified atom stereocenters. The number of non-ortho nitro benzene ring substituents is 1. The summed E-state index contributed by atoms with van der Waals surface area (Å²) >= 11 is -0.289. The first kappa shape index (κ1) is 15.9. The van der Waals surface area contributed by atoms with Crippen LogP contribution in [0.15, 0.2) is 42.5 Å². The van der Waals surface area contributed by atoms with E-state index < -0.39 is 9.85 Å². The fourth-order valence-corrected chi connectivity index (χ4v) is 3.68. The van der Waals surface area contributed by atoms with Crippen LogP contribution in [0, 0.1) is 20.2 Å². The van der Waals surface area contributed by atoms with Crippen molar-refractivity contribution in [2.75, 3.05) is 19.0 Å². The van der Waals surface area contributed by atoms with E-state index >= 15 is 0 Å². The van der Waals surface area contributed by atoms with Crippen LogP contribution < -0.4 is 13.8 Å². The maximum absolute atomic E-state index is 11.1. The van der Waals surface area contributed by atoms with Gasteiger partial charge in [-0.25, -0.2) is 0 Å². The molecule has 22 heavy (non-hydrogen) atoms. The molecule has 0 saturated carbocycles. The molecule has 2 rings (SSSR count). The molecule has 2 aromatic carbocycles. The van der Waals surface area contributed by atoms with Crippen molar-refractivity contribution >= 4 is 40.9 Å². The Kier molecular flexibility index (Phi) is 4.75. The topological polar surface area (TPSA) is 89.5 Å². The van der Waals surface area contributed by atoms with Gasteiger partial charge in [0.2, 0.25) is 0 Å². The van der Waals surface area contributed by atoms with Gasteiger partial charge in [0, 0.05) is 0 Å². The third-order valence-corrected chi connectivity index (χ3v) is 5.18. The third kappa shape index (κ3) is 3.60. The molecule has 0 radical (unpaired) electrons. The fraction of sp³-hybridized carbons (Fsp3) is 0.143. The van der Waals surface area contributed by atoms with Crippen molar-refractivity contribution in [2.24, 2.45) is 0 Å². The summed E-state index contributed by atoms with van der Waals surface area (Å²) in [4.78, 5) is 22.6. The first-order chi connectivity index (χ1) is 10.4. The summed E-state index contributed by atoms with van der Waals surface area (Å²) in [5.41, 5.74) is 0.567. The van der Waals surface area contributed by atoms with Crippen molar-refractivity contribution in [3.63, 3.8) is 0 Å². The second-order valence-corrected chi connectivity index (χ2v) is 7.00. The Bertz CT molecular complexity index is 717. The maximum atomic E-state index is 11.1. The molecule has 0 aromatic heterocycles. The Morgan fingerprint density at radius 2 is 1.59 bits per heavy atom. The molecule has 7 nitrogen and oxygen atoms in total. The summed E-state index contributed by atoms with van der Waals surface area (Å²) in [6, 6.07) is 11.5. The van der Waals surface area contributed by atoms with Gasteiger partial charge in [-0.15, -0.1) is 0 Å². The number of nitrogens with zero attached hydrogens (tertiary/aromatic N) is 3. The van der Waals surface area contributed by atoms with Gasteiger partial charge >= 0.3 is 132 Å². The van der Waals surface area contributed by atoms with Gasteiger partial charge < -0.3 is 0 Å². The minimum atomic E-state index is -0.629. The molecule has 0 amide bonds. The summed E-state index contributed by atoms with van der Waals surface area (Å²) in [6.45, 7) is 0. The molecule has 0 bridgehead atoms. The van der Waals surface area contributed by atoms with Crippen molar-refractivity contribution in [1.29, 1.82) is 0 Å². The summed E-state index contributed by atoms with van der Waals surface area (Å²) in [7, 11) is 3.86. The average Bonchev–Trinajstić information content (AvgIpc) is 2.47. The zero-order chi connectivity index (χ0) is 16.3. The third-order valence-electron chi connectivity index (χ3n) is 2.93. The van der Waals surface area contributed by atoms with Gasteiger partial charge in [0.1, 0.15) is 0 Å². The monoisotopic (exact) mass is 367 g/mol. The summed E-state index contributed by atoms with van der Waals surface area (Å²) in [5.74, 6) is 0. The molecule has 0 spiro atoms. The van der Waals surface area contributed by atoms with Gasteiger partial charge in [-0.1, -0.05) is 0 Å². The number of rotatable bonds is 5. The SMILES string of the molecule is CN(C)c1ccc([Se]c2ccc([N+](=O)[O-])cc2[N+](=O)[O-])cc1. The number of nitro benzene ring substituents is 2. The van der Waals surface area contributed by atoms with Crippen molar-refractivity contribution in [3.05, 3.63) is 62.7 Å². The number of benzene rings is 2. The Balaban J connectivity index is 2.32. The molecule has 0 N–H and O–H groups in total. The number of hydrogen-bond acceptors (Lipinski definition) is 5. The van der Waals surface area contributed by atoms with E-state index in [1.165, 1.54) is 12.1 Å². The van der Waals surface area contributed by atoms with E-state index in [4.69, 9.17) is 0 Å². The normalized spacial score (nSPS) is 10.3. The second kappa shape index (κ2) is 6.55. The fourth-order valence-electron chi connectivity index (χ4n) is 1.79. The minimum absolute atomic E-state index is 0.203. The zero-order valence-corrected chi connectivity index (χ0v) is 13.6. The van der Waals surface area contributed by atoms with Crippen molar-refractivity contribution in [2.45, 2.75) is 0 Å². The molecule has 114 valence electrons. The van der Waals surface area contributed by atoms with Crippen molar-refractivity contribution < 1.29 is 9.85 Å². The first-order valence-electron chi connectivity index (χ1n) is 6.26. The van der Waals surface area contributed by atoms with Crippen LogP contribution in [0.4, 0.5) is 17.1 Å². The standard InChI is InChI=1S/C14H13N3O4Se/c1-15(2)10-3-6-12(7-4-10)22-14-8-5-11(16(18)19)9-13(14)17(20)21/h3-9H,1-2H3. The van der Waals surface area contributed by atoms with Crippen LogP contribution >= 0.6 is 0 Å². The number of nitro groups is 2. The van der Waals surface area contributed by atoms with E-state index in [0.717, 1.165) is 16.2 Å². The Hall–Kier alpha value is -2.44. The molecule has 0 aliphatic carbocycles. The summed E-state index contributed by atoms with van der Waals surface area (Å²) in [5, 5.41) is 21.8. The van der Waals surface area contributed by atoms with Crippen LogP contribution in [0.25, 0.3) is 0 Å². The summed E-state index contributed by atoms with van der Waals surface area (Å²) in [6.07, 6.45) is 0. The van der Waals surface area contributed by atoms with Crippen LogP contribution in [0.2, 0.25) is 0 Å².